The summed E-state index contributed by atoms with van der Waals surface area (Å²) in [6.07, 6.45) is 1.28. The third-order valence-electron chi connectivity index (χ3n) is 2.33. The van der Waals surface area contributed by atoms with E-state index in [9.17, 15) is 4.79 Å². The van der Waals surface area contributed by atoms with Gasteiger partial charge in [0.1, 0.15) is 5.52 Å². The fraction of sp³-hybridized carbons (Fsp3) is 0. The molecule has 0 saturated heterocycles. The summed E-state index contributed by atoms with van der Waals surface area (Å²) in [4.78, 5) is 14.9. The van der Waals surface area contributed by atoms with E-state index in [0.717, 1.165) is 0 Å². The van der Waals surface area contributed by atoms with Crippen LogP contribution in [0.2, 0.25) is 0 Å². The second-order valence-electron chi connectivity index (χ2n) is 3.27. The first kappa shape index (κ1) is 8.78. The molecule has 3 aromatic rings. The molecule has 0 aliphatic rings. The molecule has 6 heteroatoms. The zero-order valence-electron chi connectivity index (χ0n) is 8.03. The third-order valence-corrected chi connectivity index (χ3v) is 2.33. The number of aromatic carboxylic acids is 1. The number of imidazole rings is 1. The third kappa shape index (κ3) is 1.07. The van der Waals surface area contributed by atoms with Gasteiger partial charge in [0.2, 0.25) is 0 Å². The van der Waals surface area contributed by atoms with Crippen LogP contribution in [0.25, 0.3) is 16.8 Å². The molecule has 2 heterocycles. The number of para-hydroxylation sites is 1. The van der Waals surface area contributed by atoms with E-state index >= 15 is 0 Å². The zero-order chi connectivity index (χ0) is 11.1. The molecule has 0 amide bonds. The van der Waals surface area contributed by atoms with E-state index in [1.165, 1.54) is 10.6 Å². The van der Waals surface area contributed by atoms with Gasteiger partial charge in [0.25, 0.3) is 5.78 Å². The number of hydrogen-bond donors (Lipinski definition) is 1. The van der Waals surface area contributed by atoms with E-state index in [0.29, 0.717) is 11.0 Å². The van der Waals surface area contributed by atoms with Crippen molar-refractivity contribution < 1.29 is 9.90 Å². The molecular weight excluding hydrogens is 208 g/mol. The van der Waals surface area contributed by atoms with Crippen LogP contribution in [0.3, 0.4) is 0 Å². The van der Waals surface area contributed by atoms with Crippen molar-refractivity contribution in [2.45, 2.75) is 0 Å². The molecule has 78 valence electrons. The standard InChI is InChI=1S/C10H6N4O2/c15-9(16)8-5-11-10-13-12-6-3-1-2-4-7(6)14(8)10/h1-5H,(H,15,16). The number of hydrogen-bond acceptors (Lipinski definition) is 4. The molecule has 0 fully saturated rings. The van der Waals surface area contributed by atoms with Crippen LogP contribution in [0.15, 0.2) is 30.5 Å². The molecule has 0 radical (unpaired) electrons. The summed E-state index contributed by atoms with van der Waals surface area (Å²) in [5.41, 5.74) is 1.40. The summed E-state index contributed by atoms with van der Waals surface area (Å²) >= 11 is 0. The van der Waals surface area contributed by atoms with Crippen LogP contribution in [-0.4, -0.2) is 30.7 Å². The quantitative estimate of drug-likeness (QED) is 0.653. The van der Waals surface area contributed by atoms with Crippen molar-refractivity contribution in [1.29, 1.82) is 0 Å². The number of carbonyl (C=O) groups is 1. The van der Waals surface area contributed by atoms with Gasteiger partial charge in [0.05, 0.1) is 11.7 Å². The number of carboxylic acid groups (broad SMARTS) is 1. The fourth-order valence-corrected chi connectivity index (χ4v) is 1.64. The summed E-state index contributed by atoms with van der Waals surface area (Å²) in [5.74, 6) is -0.748. The lowest BCUT2D eigenvalue weighted by Gasteiger charge is -2.00. The van der Waals surface area contributed by atoms with E-state index in [1.807, 2.05) is 12.1 Å². The Hall–Kier alpha value is -2.50. The maximum Gasteiger partial charge on any atom is 0.354 e. The van der Waals surface area contributed by atoms with Crippen molar-refractivity contribution in [3.8, 4) is 0 Å². The largest absolute Gasteiger partial charge is 0.477 e. The molecule has 6 nitrogen and oxygen atoms in total. The first-order valence-corrected chi connectivity index (χ1v) is 4.59. The molecular formula is C10H6N4O2. The Kier molecular flexibility index (Phi) is 1.64. The van der Waals surface area contributed by atoms with E-state index < -0.39 is 5.97 Å². The van der Waals surface area contributed by atoms with Crippen LogP contribution in [0, 0.1) is 0 Å². The lowest BCUT2D eigenvalue weighted by molar-refractivity contribution is 0.0689. The molecule has 0 unspecified atom stereocenters. The minimum absolute atomic E-state index is 0.0844. The Bertz CT molecular complexity index is 704. The van der Waals surface area contributed by atoms with Gasteiger partial charge in [0.15, 0.2) is 5.69 Å². The predicted octanol–water partition coefficient (Wildman–Crippen LogP) is 0.976. The van der Waals surface area contributed by atoms with Crippen LogP contribution >= 0.6 is 0 Å². The topological polar surface area (TPSA) is 80.4 Å². The Balaban J connectivity index is 2.56. The SMILES string of the molecule is O=C(O)c1cnc2nnc3ccccc3n12. The van der Waals surface area contributed by atoms with Gasteiger partial charge in [-0.15, -0.1) is 10.2 Å². The van der Waals surface area contributed by atoms with Gasteiger partial charge in [-0.05, 0) is 12.1 Å². The van der Waals surface area contributed by atoms with E-state index in [4.69, 9.17) is 5.11 Å². The number of fused-ring (bicyclic) bond motifs is 3. The summed E-state index contributed by atoms with van der Waals surface area (Å²) in [6, 6.07) is 7.19. The Labute approximate surface area is 89.2 Å². The molecule has 0 saturated carbocycles. The van der Waals surface area contributed by atoms with Crippen molar-refractivity contribution in [3.63, 3.8) is 0 Å². The molecule has 16 heavy (non-hydrogen) atoms. The van der Waals surface area contributed by atoms with Gasteiger partial charge in [0, 0.05) is 0 Å². The van der Waals surface area contributed by atoms with Crippen molar-refractivity contribution in [2.75, 3.05) is 0 Å². The van der Waals surface area contributed by atoms with Crippen LogP contribution < -0.4 is 0 Å². The molecule has 3 rings (SSSR count). The smallest absolute Gasteiger partial charge is 0.354 e. The molecule has 0 atom stereocenters. The monoisotopic (exact) mass is 214 g/mol. The minimum atomic E-state index is -1.04. The number of benzene rings is 1. The summed E-state index contributed by atoms with van der Waals surface area (Å²) in [6.45, 7) is 0. The number of nitrogens with zero attached hydrogens (tertiary/aromatic N) is 4. The predicted molar refractivity (Wildman–Crippen MR) is 55.2 cm³/mol. The Morgan fingerprint density at radius 3 is 2.88 bits per heavy atom. The molecule has 2 aromatic heterocycles. The molecule has 1 N–H and O–H groups in total. The maximum atomic E-state index is 11.0. The van der Waals surface area contributed by atoms with Crippen LogP contribution in [0.5, 0.6) is 0 Å². The van der Waals surface area contributed by atoms with Crippen LogP contribution in [0.1, 0.15) is 10.5 Å². The van der Waals surface area contributed by atoms with Gasteiger partial charge in [-0.2, -0.15) is 0 Å². The van der Waals surface area contributed by atoms with E-state index in [2.05, 4.69) is 15.2 Å². The first-order chi connectivity index (χ1) is 7.77. The Morgan fingerprint density at radius 2 is 2.06 bits per heavy atom. The lowest BCUT2D eigenvalue weighted by Crippen LogP contribution is -2.04. The molecule has 0 aliphatic heterocycles. The highest BCUT2D eigenvalue weighted by Gasteiger charge is 2.13. The second kappa shape index (κ2) is 2.99. The van der Waals surface area contributed by atoms with Crippen LogP contribution in [0.4, 0.5) is 0 Å². The van der Waals surface area contributed by atoms with Gasteiger partial charge >= 0.3 is 5.97 Å². The summed E-state index contributed by atoms with van der Waals surface area (Å²) in [5, 5.41) is 16.8. The van der Waals surface area contributed by atoms with Crippen molar-refractivity contribution in [1.82, 2.24) is 19.6 Å². The van der Waals surface area contributed by atoms with Crippen LogP contribution in [-0.2, 0) is 0 Å². The average Bonchev–Trinajstić information content (AvgIpc) is 2.73. The fourth-order valence-electron chi connectivity index (χ4n) is 1.64. The first-order valence-electron chi connectivity index (χ1n) is 4.59. The van der Waals surface area contributed by atoms with Gasteiger partial charge in [-0.1, -0.05) is 12.1 Å². The highest BCUT2D eigenvalue weighted by molar-refractivity contribution is 5.89. The van der Waals surface area contributed by atoms with E-state index in [1.54, 1.807) is 12.1 Å². The number of rotatable bonds is 1. The zero-order valence-corrected chi connectivity index (χ0v) is 8.03. The average molecular weight is 214 g/mol. The molecule has 0 spiro atoms. The number of aromatic nitrogens is 4. The second-order valence-corrected chi connectivity index (χ2v) is 3.27. The molecule has 0 bridgehead atoms. The van der Waals surface area contributed by atoms with Crippen molar-refractivity contribution in [2.24, 2.45) is 0 Å². The van der Waals surface area contributed by atoms with Crippen molar-refractivity contribution >= 4 is 22.8 Å². The van der Waals surface area contributed by atoms with Crippen molar-refractivity contribution in [3.05, 3.63) is 36.2 Å². The normalized spacial score (nSPS) is 11.0. The molecule has 0 aliphatic carbocycles. The summed E-state index contributed by atoms with van der Waals surface area (Å²) in [7, 11) is 0. The number of carboxylic acids is 1. The highest BCUT2D eigenvalue weighted by Crippen LogP contribution is 2.14. The lowest BCUT2D eigenvalue weighted by atomic mass is 10.3. The minimum Gasteiger partial charge on any atom is -0.477 e. The van der Waals surface area contributed by atoms with Gasteiger partial charge < -0.3 is 5.11 Å². The maximum absolute atomic E-state index is 11.0. The van der Waals surface area contributed by atoms with Gasteiger partial charge in [-0.3, -0.25) is 4.40 Å². The summed E-state index contributed by atoms with van der Waals surface area (Å²) < 4.78 is 1.48. The molecule has 1 aromatic carbocycles. The van der Waals surface area contributed by atoms with E-state index in [-0.39, 0.29) is 11.5 Å². The Morgan fingerprint density at radius 1 is 1.25 bits per heavy atom. The highest BCUT2D eigenvalue weighted by atomic mass is 16.4. The van der Waals surface area contributed by atoms with Gasteiger partial charge in [-0.25, -0.2) is 9.78 Å².